The molecule has 0 aromatic heterocycles. The van der Waals surface area contributed by atoms with Gasteiger partial charge in [-0.15, -0.1) is 24.0 Å². The van der Waals surface area contributed by atoms with Crippen molar-refractivity contribution in [2.24, 2.45) is 10.4 Å². The molecule has 0 atom stereocenters. The largest absolute Gasteiger partial charge is 0.493 e. The first-order valence-electron chi connectivity index (χ1n) is 9.37. The molecule has 152 valence electrons. The Labute approximate surface area is 184 Å². The molecule has 0 unspecified atom stereocenters. The molecule has 0 saturated heterocycles. The van der Waals surface area contributed by atoms with Gasteiger partial charge in [0, 0.05) is 20.1 Å². The second-order valence-corrected chi connectivity index (χ2v) is 7.13. The summed E-state index contributed by atoms with van der Waals surface area (Å²) < 4.78 is 10.7. The number of hydrogen-bond acceptors (Lipinski definition) is 3. The number of nitrogens with zero attached hydrogens (tertiary/aromatic N) is 1. The van der Waals surface area contributed by atoms with Crippen LogP contribution in [0.3, 0.4) is 0 Å². The standard InChI is InChI=1S/C22H29N3O2.HI/c1-23-21(24-15-18-9-10-19(26-2)20(13-18)27-3)25-16-22(11-12-22)14-17-7-5-4-6-8-17;/h4-10,13H,11-12,14-16H2,1-3H3,(H2,23,24,25);1H. The first-order valence-corrected chi connectivity index (χ1v) is 9.37. The van der Waals surface area contributed by atoms with Crippen molar-refractivity contribution in [2.45, 2.75) is 25.8 Å². The van der Waals surface area contributed by atoms with E-state index in [-0.39, 0.29) is 24.0 Å². The van der Waals surface area contributed by atoms with Crippen LogP contribution in [0.25, 0.3) is 0 Å². The summed E-state index contributed by atoms with van der Waals surface area (Å²) in [6.07, 6.45) is 3.65. The van der Waals surface area contributed by atoms with Crippen molar-refractivity contribution in [1.82, 2.24) is 10.6 Å². The molecule has 0 heterocycles. The zero-order valence-corrected chi connectivity index (χ0v) is 19.2. The Bertz CT molecular complexity index is 777. The van der Waals surface area contributed by atoms with E-state index < -0.39 is 0 Å². The number of methoxy groups -OCH3 is 2. The van der Waals surface area contributed by atoms with Gasteiger partial charge in [0.15, 0.2) is 17.5 Å². The molecule has 1 aliphatic carbocycles. The highest BCUT2D eigenvalue weighted by atomic mass is 127. The molecule has 0 spiro atoms. The summed E-state index contributed by atoms with van der Waals surface area (Å²) in [6, 6.07) is 16.7. The number of aliphatic imine (C=N–C) groups is 1. The third-order valence-corrected chi connectivity index (χ3v) is 5.14. The molecule has 1 fully saturated rings. The number of guanidine groups is 1. The Morgan fingerprint density at radius 2 is 1.68 bits per heavy atom. The molecule has 28 heavy (non-hydrogen) atoms. The average Bonchev–Trinajstić information content (AvgIpc) is 3.48. The molecule has 2 aromatic rings. The Morgan fingerprint density at radius 1 is 0.964 bits per heavy atom. The number of halogens is 1. The number of ether oxygens (including phenoxy) is 2. The fourth-order valence-electron chi connectivity index (χ4n) is 3.29. The monoisotopic (exact) mass is 495 g/mol. The van der Waals surface area contributed by atoms with Crippen LogP contribution in [0, 0.1) is 5.41 Å². The number of rotatable bonds is 8. The minimum Gasteiger partial charge on any atom is -0.493 e. The van der Waals surface area contributed by atoms with Crippen molar-refractivity contribution in [2.75, 3.05) is 27.8 Å². The lowest BCUT2D eigenvalue weighted by Gasteiger charge is -2.19. The normalized spacial score (nSPS) is 14.6. The van der Waals surface area contributed by atoms with Gasteiger partial charge in [-0.05, 0) is 47.9 Å². The lowest BCUT2D eigenvalue weighted by Crippen LogP contribution is -2.40. The second kappa shape index (κ2) is 10.5. The van der Waals surface area contributed by atoms with Crippen LogP contribution in [-0.4, -0.2) is 33.8 Å². The first kappa shape index (κ1) is 22.3. The molecule has 5 nitrogen and oxygen atoms in total. The molecular weight excluding hydrogens is 465 g/mol. The summed E-state index contributed by atoms with van der Waals surface area (Å²) in [5.74, 6) is 2.30. The summed E-state index contributed by atoms with van der Waals surface area (Å²) in [7, 11) is 5.10. The van der Waals surface area contributed by atoms with Crippen LogP contribution in [-0.2, 0) is 13.0 Å². The fourth-order valence-corrected chi connectivity index (χ4v) is 3.29. The Morgan fingerprint density at radius 3 is 2.29 bits per heavy atom. The van der Waals surface area contributed by atoms with E-state index in [0.29, 0.717) is 12.0 Å². The van der Waals surface area contributed by atoms with Crippen molar-refractivity contribution in [3.63, 3.8) is 0 Å². The van der Waals surface area contributed by atoms with E-state index in [1.165, 1.54) is 18.4 Å². The molecule has 1 saturated carbocycles. The molecule has 2 N–H and O–H groups in total. The van der Waals surface area contributed by atoms with Gasteiger partial charge in [-0.2, -0.15) is 0 Å². The molecule has 0 bridgehead atoms. The smallest absolute Gasteiger partial charge is 0.191 e. The van der Waals surface area contributed by atoms with E-state index >= 15 is 0 Å². The van der Waals surface area contributed by atoms with Gasteiger partial charge in [-0.1, -0.05) is 36.4 Å². The topological polar surface area (TPSA) is 54.9 Å². The van der Waals surface area contributed by atoms with Crippen molar-refractivity contribution in [3.8, 4) is 11.5 Å². The third kappa shape index (κ3) is 6.02. The molecule has 0 aliphatic heterocycles. The zero-order valence-electron chi connectivity index (χ0n) is 16.8. The highest BCUT2D eigenvalue weighted by molar-refractivity contribution is 14.0. The van der Waals surface area contributed by atoms with Gasteiger partial charge in [0.05, 0.1) is 14.2 Å². The highest BCUT2D eigenvalue weighted by Gasteiger charge is 2.42. The summed E-state index contributed by atoms with van der Waals surface area (Å²) >= 11 is 0. The maximum absolute atomic E-state index is 5.37. The minimum absolute atomic E-state index is 0. The molecule has 1 aliphatic rings. The van der Waals surface area contributed by atoms with E-state index in [0.717, 1.165) is 36.0 Å². The van der Waals surface area contributed by atoms with E-state index in [1.54, 1.807) is 21.3 Å². The predicted molar refractivity (Wildman–Crippen MR) is 125 cm³/mol. The highest BCUT2D eigenvalue weighted by Crippen LogP contribution is 2.47. The molecule has 2 aromatic carbocycles. The second-order valence-electron chi connectivity index (χ2n) is 7.13. The number of hydrogen-bond donors (Lipinski definition) is 2. The van der Waals surface area contributed by atoms with Gasteiger partial charge >= 0.3 is 0 Å². The lowest BCUT2D eigenvalue weighted by atomic mass is 9.96. The van der Waals surface area contributed by atoms with Crippen LogP contribution in [0.15, 0.2) is 53.5 Å². The van der Waals surface area contributed by atoms with E-state index in [1.807, 2.05) is 18.2 Å². The van der Waals surface area contributed by atoms with Gasteiger partial charge in [-0.3, -0.25) is 4.99 Å². The lowest BCUT2D eigenvalue weighted by molar-refractivity contribution is 0.354. The van der Waals surface area contributed by atoms with Gasteiger partial charge < -0.3 is 20.1 Å². The summed E-state index contributed by atoms with van der Waals surface area (Å²) in [6.45, 7) is 1.61. The summed E-state index contributed by atoms with van der Waals surface area (Å²) in [5, 5.41) is 6.88. The Hall–Kier alpha value is -1.96. The van der Waals surface area contributed by atoms with Crippen LogP contribution in [0.5, 0.6) is 11.5 Å². The molecule has 3 rings (SSSR count). The summed E-state index contributed by atoms with van der Waals surface area (Å²) in [4.78, 5) is 4.36. The average molecular weight is 495 g/mol. The van der Waals surface area contributed by atoms with Gasteiger partial charge in [0.25, 0.3) is 0 Å². The van der Waals surface area contributed by atoms with Crippen LogP contribution in [0.2, 0.25) is 0 Å². The van der Waals surface area contributed by atoms with E-state index in [9.17, 15) is 0 Å². The van der Waals surface area contributed by atoms with Crippen LogP contribution >= 0.6 is 24.0 Å². The van der Waals surface area contributed by atoms with Crippen molar-refractivity contribution in [3.05, 3.63) is 59.7 Å². The van der Waals surface area contributed by atoms with Crippen LogP contribution in [0.1, 0.15) is 24.0 Å². The fraction of sp³-hybridized carbons (Fsp3) is 0.409. The third-order valence-electron chi connectivity index (χ3n) is 5.14. The zero-order chi connectivity index (χ0) is 19.1. The van der Waals surface area contributed by atoms with Crippen LogP contribution < -0.4 is 20.1 Å². The number of benzene rings is 2. The Balaban J connectivity index is 0.00000280. The maximum Gasteiger partial charge on any atom is 0.191 e. The summed E-state index contributed by atoms with van der Waals surface area (Å²) in [5.41, 5.74) is 2.88. The first-order chi connectivity index (χ1) is 13.2. The van der Waals surface area contributed by atoms with Gasteiger partial charge in [0.2, 0.25) is 0 Å². The van der Waals surface area contributed by atoms with Crippen molar-refractivity contribution in [1.29, 1.82) is 0 Å². The van der Waals surface area contributed by atoms with Gasteiger partial charge in [0.1, 0.15) is 0 Å². The van der Waals surface area contributed by atoms with E-state index in [2.05, 4.69) is 46.0 Å². The van der Waals surface area contributed by atoms with Crippen LogP contribution in [0.4, 0.5) is 0 Å². The Kier molecular flexibility index (Phi) is 8.41. The minimum atomic E-state index is 0. The van der Waals surface area contributed by atoms with E-state index in [4.69, 9.17) is 9.47 Å². The molecule has 6 heteroatoms. The van der Waals surface area contributed by atoms with Crippen molar-refractivity contribution >= 4 is 29.9 Å². The molecule has 0 radical (unpaired) electrons. The molecular formula is C22H30IN3O2. The maximum atomic E-state index is 5.37. The van der Waals surface area contributed by atoms with Gasteiger partial charge in [-0.25, -0.2) is 0 Å². The predicted octanol–water partition coefficient (Wildman–Crippen LogP) is 4.01. The SMILES string of the molecule is CN=C(NCc1ccc(OC)c(OC)c1)NCC1(Cc2ccccc2)CC1.I. The quantitative estimate of drug-likeness (QED) is 0.330. The van der Waals surface area contributed by atoms with Crippen molar-refractivity contribution < 1.29 is 9.47 Å². The number of nitrogens with one attached hydrogen (secondary N) is 2. The molecule has 0 amide bonds.